The zero-order valence-electron chi connectivity index (χ0n) is 7.01. The van der Waals surface area contributed by atoms with Crippen LogP contribution in [0.5, 0.6) is 0 Å². The minimum atomic E-state index is -3.38. The molecule has 76 valence electrons. The van der Waals surface area contributed by atoms with Gasteiger partial charge in [0.15, 0.2) is 0 Å². The first kappa shape index (κ1) is 10.9. The summed E-state index contributed by atoms with van der Waals surface area (Å²) in [6.45, 7) is 0. The van der Waals surface area contributed by atoms with Crippen molar-refractivity contribution in [1.29, 1.82) is 0 Å². The van der Waals surface area contributed by atoms with E-state index in [2.05, 4.69) is 0 Å². The molecule has 0 saturated heterocycles. The van der Waals surface area contributed by atoms with E-state index in [9.17, 15) is 13.6 Å². The Hall–Kier alpha value is -1.16. The van der Waals surface area contributed by atoms with Gasteiger partial charge in [-0.25, -0.2) is 8.78 Å². The summed E-state index contributed by atoms with van der Waals surface area (Å²) in [6.07, 6.45) is -1.23. The second-order valence-electron chi connectivity index (χ2n) is 2.79. The van der Waals surface area contributed by atoms with E-state index in [1.54, 1.807) is 0 Å². The van der Waals surface area contributed by atoms with Crippen LogP contribution in [0.1, 0.15) is 12.0 Å². The Bertz CT molecular complexity index is 352. The van der Waals surface area contributed by atoms with Crippen LogP contribution < -0.4 is 0 Å². The van der Waals surface area contributed by atoms with E-state index in [0.29, 0.717) is 0 Å². The lowest BCUT2D eigenvalue weighted by molar-refractivity contribution is -0.145. The number of carbonyl (C=O) groups is 1. The third-order valence-corrected chi connectivity index (χ3v) is 1.86. The second-order valence-corrected chi connectivity index (χ2v) is 3.22. The molecule has 0 bridgehead atoms. The van der Waals surface area contributed by atoms with Crippen LogP contribution in [0.2, 0.25) is 5.02 Å². The van der Waals surface area contributed by atoms with Crippen molar-refractivity contribution in [3.05, 3.63) is 34.9 Å². The van der Waals surface area contributed by atoms with E-state index in [1.165, 1.54) is 12.1 Å². The number of hydrogen-bond donors (Lipinski definition) is 1. The van der Waals surface area contributed by atoms with Gasteiger partial charge in [-0.05, 0) is 12.1 Å². The third-order valence-electron chi connectivity index (χ3n) is 1.62. The van der Waals surface area contributed by atoms with Crippen LogP contribution in [0.15, 0.2) is 24.3 Å². The fraction of sp³-hybridized carbons (Fsp3) is 0.222. The maximum Gasteiger partial charge on any atom is 0.309 e. The summed E-state index contributed by atoms with van der Waals surface area (Å²) in [6, 6.07) is 5.01. The highest BCUT2D eigenvalue weighted by Gasteiger charge is 2.34. The maximum atomic E-state index is 13.1. The van der Waals surface area contributed by atoms with Crippen LogP contribution in [-0.2, 0) is 10.7 Å². The molecule has 0 amide bonds. The number of aliphatic carboxylic acids is 1. The van der Waals surface area contributed by atoms with Crippen molar-refractivity contribution in [3.63, 3.8) is 0 Å². The lowest BCUT2D eigenvalue weighted by Gasteiger charge is -2.14. The minimum absolute atomic E-state index is 0.160. The molecule has 0 saturated carbocycles. The van der Waals surface area contributed by atoms with Gasteiger partial charge in [-0.2, -0.15) is 0 Å². The van der Waals surface area contributed by atoms with Gasteiger partial charge in [0.1, 0.15) is 6.42 Å². The Morgan fingerprint density at radius 1 is 1.50 bits per heavy atom. The van der Waals surface area contributed by atoms with Gasteiger partial charge in [0, 0.05) is 10.6 Å². The monoisotopic (exact) mass is 220 g/mol. The molecular formula is C9H7ClF2O2. The van der Waals surface area contributed by atoms with E-state index < -0.39 is 18.3 Å². The molecule has 1 N–H and O–H groups in total. The van der Waals surface area contributed by atoms with Crippen molar-refractivity contribution in [2.45, 2.75) is 12.3 Å². The van der Waals surface area contributed by atoms with Crippen LogP contribution in [0.25, 0.3) is 0 Å². The fourth-order valence-corrected chi connectivity index (χ4v) is 1.20. The summed E-state index contributed by atoms with van der Waals surface area (Å²) in [5.74, 6) is -4.92. The minimum Gasteiger partial charge on any atom is -0.481 e. The quantitative estimate of drug-likeness (QED) is 0.851. The molecule has 0 spiro atoms. The lowest BCUT2D eigenvalue weighted by Crippen LogP contribution is -2.18. The largest absolute Gasteiger partial charge is 0.481 e. The van der Waals surface area contributed by atoms with Crippen LogP contribution >= 0.6 is 11.6 Å². The van der Waals surface area contributed by atoms with Gasteiger partial charge >= 0.3 is 5.97 Å². The van der Waals surface area contributed by atoms with Gasteiger partial charge in [0.2, 0.25) is 0 Å². The normalized spacial score (nSPS) is 11.4. The molecule has 0 heterocycles. The van der Waals surface area contributed by atoms with Gasteiger partial charge < -0.3 is 5.11 Å². The molecule has 0 aliphatic heterocycles. The summed E-state index contributed by atoms with van der Waals surface area (Å²) in [5.41, 5.74) is -0.382. The average molecular weight is 221 g/mol. The van der Waals surface area contributed by atoms with E-state index in [1.807, 2.05) is 0 Å². The zero-order valence-corrected chi connectivity index (χ0v) is 7.76. The molecule has 0 aromatic heterocycles. The second kappa shape index (κ2) is 3.92. The number of rotatable bonds is 3. The molecule has 0 aliphatic rings. The summed E-state index contributed by atoms with van der Waals surface area (Å²) in [5, 5.41) is 8.43. The van der Waals surface area contributed by atoms with Crippen molar-refractivity contribution in [2.24, 2.45) is 0 Å². The molecule has 1 aromatic carbocycles. The molecule has 0 aliphatic carbocycles. The van der Waals surface area contributed by atoms with Crippen molar-refractivity contribution >= 4 is 17.6 Å². The van der Waals surface area contributed by atoms with Crippen molar-refractivity contribution in [2.75, 3.05) is 0 Å². The van der Waals surface area contributed by atoms with E-state index in [-0.39, 0.29) is 10.6 Å². The first-order valence-corrected chi connectivity index (χ1v) is 4.15. The third kappa shape index (κ3) is 2.67. The van der Waals surface area contributed by atoms with Gasteiger partial charge in [0.05, 0.1) is 0 Å². The van der Waals surface area contributed by atoms with Gasteiger partial charge in [-0.1, -0.05) is 23.7 Å². The molecule has 0 unspecified atom stereocenters. The smallest absolute Gasteiger partial charge is 0.309 e. The molecule has 0 fully saturated rings. The topological polar surface area (TPSA) is 37.3 Å². The highest BCUT2D eigenvalue weighted by atomic mass is 35.5. The fourth-order valence-electron chi connectivity index (χ4n) is 1.01. The Balaban J connectivity index is 2.97. The van der Waals surface area contributed by atoms with Crippen molar-refractivity contribution in [1.82, 2.24) is 0 Å². The van der Waals surface area contributed by atoms with Gasteiger partial charge in [0.25, 0.3) is 5.92 Å². The maximum absolute atomic E-state index is 13.1. The van der Waals surface area contributed by atoms with Crippen molar-refractivity contribution in [3.8, 4) is 0 Å². The SMILES string of the molecule is O=C(O)CC(F)(F)c1cccc(Cl)c1. The Kier molecular flexibility index (Phi) is 3.06. The average Bonchev–Trinajstić information content (AvgIpc) is 2.01. The predicted molar refractivity (Wildman–Crippen MR) is 47.6 cm³/mol. The van der Waals surface area contributed by atoms with E-state index >= 15 is 0 Å². The Morgan fingerprint density at radius 2 is 2.14 bits per heavy atom. The molecular weight excluding hydrogens is 214 g/mol. The molecule has 0 radical (unpaired) electrons. The van der Waals surface area contributed by atoms with Crippen LogP contribution in [0.3, 0.4) is 0 Å². The van der Waals surface area contributed by atoms with E-state index in [4.69, 9.17) is 16.7 Å². The van der Waals surface area contributed by atoms with Crippen LogP contribution in [0.4, 0.5) is 8.78 Å². The first-order chi connectivity index (χ1) is 6.42. The molecule has 14 heavy (non-hydrogen) atoms. The molecule has 0 atom stereocenters. The zero-order chi connectivity index (χ0) is 10.8. The van der Waals surface area contributed by atoms with E-state index in [0.717, 1.165) is 12.1 Å². The number of alkyl halides is 2. The van der Waals surface area contributed by atoms with Crippen LogP contribution in [-0.4, -0.2) is 11.1 Å². The standard InChI is InChI=1S/C9H7ClF2O2/c10-7-3-1-2-6(4-7)9(11,12)5-8(13)14/h1-4H,5H2,(H,13,14). The summed E-state index contributed by atoms with van der Waals surface area (Å²) >= 11 is 5.51. The molecule has 2 nitrogen and oxygen atoms in total. The summed E-state index contributed by atoms with van der Waals surface area (Å²) in [7, 11) is 0. The number of hydrogen-bond acceptors (Lipinski definition) is 1. The van der Waals surface area contributed by atoms with Gasteiger partial charge in [-0.15, -0.1) is 0 Å². The van der Waals surface area contributed by atoms with Gasteiger partial charge in [-0.3, -0.25) is 4.79 Å². The Morgan fingerprint density at radius 3 is 2.64 bits per heavy atom. The Labute approximate surface area is 84.1 Å². The lowest BCUT2D eigenvalue weighted by atomic mass is 10.1. The van der Waals surface area contributed by atoms with Crippen LogP contribution in [0, 0.1) is 0 Å². The first-order valence-electron chi connectivity index (χ1n) is 3.77. The number of carboxylic acids is 1. The molecule has 1 aromatic rings. The number of carboxylic acid groups (broad SMARTS) is 1. The number of halogens is 3. The predicted octanol–water partition coefficient (Wildman–Crippen LogP) is 2.91. The highest BCUT2D eigenvalue weighted by molar-refractivity contribution is 6.30. The van der Waals surface area contributed by atoms with Crippen molar-refractivity contribution < 1.29 is 18.7 Å². The number of benzene rings is 1. The molecule has 1 rings (SSSR count). The highest BCUT2D eigenvalue weighted by Crippen LogP contribution is 2.32. The summed E-state index contributed by atoms with van der Waals surface area (Å²) in [4.78, 5) is 10.2. The molecule has 5 heteroatoms. The summed E-state index contributed by atoms with van der Waals surface area (Å²) < 4.78 is 26.3.